The first-order chi connectivity index (χ1) is 7.25. The number of ketones is 2. The van der Waals surface area contributed by atoms with E-state index in [9.17, 15) is 14.4 Å². The second-order valence-corrected chi connectivity index (χ2v) is 4.65. The number of Topliss-reactive ketones (excluding diaryl/α,β-unsaturated/α-hetero) is 2. The van der Waals surface area contributed by atoms with Crippen LogP contribution < -0.4 is 5.32 Å². The summed E-state index contributed by atoms with van der Waals surface area (Å²) < 4.78 is 0. The molecule has 0 aliphatic rings. The molecular weight excluding hydrogens is 206 g/mol. The van der Waals surface area contributed by atoms with Gasteiger partial charge in [0.05, 0.1) is 6.04 Å². The van der Waals surface area contributed by atoms with Crippen LogP contribution in [-0.4, -0.2) is 23.5 Å². The van der Waals surface area contributed by atoms with E-state index in [0.29, 0.717) is 0 Å². The lowest BCUT2D eigenvalue weighted by atomic mass is 9.99. The molecule has 0 rings (SSSR count). The molecule has 0 aromatic rings. The van der Waals surface area contributed by atoms with E-state index in [1.807, 2.05) is 0 Å². The lowest BCUT2D eigenvalue weighted by Crippen LogP contribution is -2.43. The summed E-state index contributed by atoms with van der Waals surface area (Å²) in [4.78, 5) is 34.2. The van der Waals surface area contributed by atoms with Crippen LogP contribution in [0.3, 0.4) is 0 Å². The van der Waals surface area contributed by atoms with Crippen molar-refractivity contribution in [2.24, 2.45) is 11.8 Å². The predicted molar refractivity (Wildman–Crippen MR) is 61.9 cm³/mol. The number of carbonyl (C=O) groups excluding carboxylic acids is 3. The molecule has 1 N–H and O–H groups in total. The van der Waals surface area contributed by atoms with Gasteiger partial charge in [-0.05, 0) is 6.92 Å². The van der Waals surface area contributed by atoms with E-state index in [-0.39, 0.29) is 35.7 Å². The number of rotatable bonds is 6. The molecule has 0 saturated heterocycles. The molecule has 0 aromatic carbocycles. The van der Waals surface area contributed by atoms with Crippen molar-refractivity contribution in [3.05, 3.63) is 0 Å². The Kier molecular flexibility index (Phi) is 5.93. The van der Waals surface area contributed by atoms with Gasteiger partial charge in [-0.25, -0.2) is 0 Å². The van der Waals surface area contributed by atoms with Crippen molar-refractivity contribution in [3.63, 3.8) is 0 Å². The minimum Gasteiger partial charge on any atom is -0.346 e. The summed E-state index contributed by atoms with van der Waals surface area (Å²) in [5.74, 6) is -0.683. The van der Waals surface area contributed by atoms with Gasteiger partial charge in [0.25, 0.3) is 0 Å². The van der Waals surface area contributed by atoms with Crippen molar-refractivity contribution in [1.29, 1.82) is 0 Å². The van der Waals surface area contributed by atoms with Crippen LogP contribution in [0.4, 0.5) is 0 Å². The molecule has 0 heterocycles. The molecule has 16 heavy (non-hydrogen) atoms. The Hall–Kier alpha value is -1.19. The van der Waals surface area contributed by atoms with E-state index >= 15 is 0 Å². The molecule has 0 aliphatic heterocycles. The van der Waals surface area contributed by atoms with E-state index in [4.69, 9.17) is 0 Å². The topological polar surface area (TPSA) is 63.2 Å². The Morgan fingerprint density at radius 2 is 1.50 bits per heavy atom. The summed E-state index contributed by atoms with van der Waals surface area (Å²) >= 11 is 0. The fourth-order valence-corrected chi connectivity index (χ4v) is 1.07. The molecule has 1 amide bonds. The Bertz CT molecular complexity index is 260. The van der Waals surface area contributed by atoms with Gasteiger partial charge in [-0.2, -0.15) is 0 Å². The third-order valence-electron chi connectivity index (χ3n) is 2.38. The zero-order valence-electron chi connectivity index (χ0n) is 10.7. The summed E-state index contributed by atoms with van der Waals surface area (Å²) in [5.41, 5.74) is 0. The van der Waals surface area contributed by atoms with Crippen molar-refractivity contribution in [2.45, 2.75) is 47.1 Å². The number of carbonyl (C=O) groups is 3. The lowest BCUT2D eigenvalue weighted by molar-refractivity contribution is -0.131. The van der Waals surface area contributed by atoms with E-state index in [1.54, 1.807) is 27.7 Å². The van der Waals surface area contributed by atoms with Crippen LogP contribution in [0, 0.1) is 11.8 Å². The molecule has 0 saturated carbocycles. The number of hydrogen-bond donors (Lipinski definition) is 1. The Morgan fingerprint density at radius 3 is 1.81 bits per heavy atom. The normalized spacial score (nSPS) is 12.7. The molecule has 4 heteroatoms. The maximum Gasteiger partial charge on any atom is 0.223 e. The molecule has 0 radical (unpaired) electrons. The van der Waals surface area contributed by atoms with Crippen LogP contribution >= 0.6 is 0 Å². The Balaban J connectivity index is 4.46. The van der Waals surface area contributed by atoms with Crippen LogP contribution in [0.15, 0.2) is 0 Å². The quantitative estimate of drug-likeness (QED) is 0.744. The van der Waals surface area contributed by atoms with Crippen LogP contribution in [0.1, 0.15) is 41.0 Å². The first-order valence-corrected chi connectivity index (χ1v) is 5.59. The zero-order valence-corrected chi connectivity index (χ0v) is 10.7. The van der Waals surface area contributed by atoms with Gasteiger partial charge in [-0.15, -0.1) is 0 Å². The van der Waals surface area contributed by atoms with Gasteiger partial charge in [0.1, 0.15) is 5.78 Å². The first-order valence-electron chi connectivity index (χ1n) is 5.59. The fraction of sp³-hybridized carbons (Fsp3) is 0.750. The lowest BCUT2D eigenvalue weighted by Gasteiger charge is -2.17. The minimum absolute atomic E-state index is 0.00995. The third-order valence-corrected chi connectivity index (χ3v) is 2.38. The highest BCUT2D eigenvalue weighted by Crippen LogP contribution is 2.05. The molecule has 1 atom stereocenters. The van der Waals surface area contributed by atoms with Crippen LogP contribution in [0.5, 0.6) is 0 Å². The summed E-state index contributed by atoms with van der Waals surface area (Å²) in [6, 6.07) is -0.676. The third kappa shape index (κ3) is 5.05. The number of nitrogens with one attached hydrogen (secondary N) is 1. The highest BCUT2D eigenvalue weighted by atomic mass is 16.2. The first kappa shape index (κ1) is 14.8. The standard InChI is InChI=1S/C12H21NO3/c1-7(2)11(15)6-10(9(5)14)13-12(16)8(3)4/h7-8,10H,6H2,1-5H3,(H,13,16). The highest BCUT2D eigenvalue weighted by Gasteiger charge is 2.22. The van der Waals surface area contributed by atoms with Gasteiger partial charge < -0.3 is 5.32 Å². The summed E-state index contributed by atoms with van der Waals surface area (Å²) in [5, 5.41) is 2.59. The number of amides is 1. The number of hydrogen-bond acceptors (Lipinski definition) is 3. The average Bonchev–Trinajstić information content (AvgIpc) is 2.15. The highest BCUT2D eigenvalue weighted by molar-refractivity contribution is 5.93. The van der Waals surface area contributed by atoms with E-state index < -0.39 is 6.04 Å². The molecular formula is C12H21NO3. The smallest absolute Gasteiger partial charge is 0.223 e. The molecule has 0 aromatic heterocycles. The van der Waals surface area contributed by atoms with Crippen LogP contribution in [0.25, 0.3) is 0 Å². The summed E-state index contributed by atoms with van der Waals surface area (Å²) in [6.45, 7) is 8.44. The maximum absolute atomic E-state index is 11.5. The van der Waals surface area contributed by atoms with E-state index in [2.05, 4.69) is 5.32 Å². The van der Waals surface area contributed by atoms with Crippen molar-refractivity contribution < 1.29 is 14.4 Å². The molecule has 1 unspecified atom stereocenters. The summed E-state index contributed by atoms with van der Waals surface area (Å²) in [7, 11) is 0. The minimum atomic E-state index is -0.676. The van der Waals surface area contributed by atoms with Crippen LogP contribution in [0.2, 0.25) is 0 Å². The van der Waals surface area contributed by atoms with E-state index in [1.165, 1.54) is 6.92 Å². The average molecular weight is 227 g/mol. The second kappa shape index (κ2) is 6.40. The van der Waals surface area contributed by atoms with Crippen molar-refractivity contribution in [1.82, 2.24) is 5.32 Å². The predicted octanol–water partition coefficient (Wildman–Crippen LogP) is 1.33. The van der Waals surface area contributed by atoms with Crippen molar-refractivity contribution in [2.75, 3.05) is 0 Å². The second-order valence-electron chi connectivity index (χ2n) is 4.65. The van der Waals surface area contributed by atoms with E-state index in [0.717, 1.165) is 0 Å². The Morgan fingerprint density at radius 1 is 1.00 bits per heavy atom. The van der Waals surface area contributed by atoms with Gasteiger partial charge >= 0.3 is 0 Å². The largest absolute Gasteiger partial charge is 0.346 e. The molecule has 0 aliphatic carbocycles. The van der Waals surface area contributed by atoms with Crippen molar-refractivity contribution >= 4 is 17.5 Å². The van der Waals surface area contributed by atoms with Crippen molar-refractivity contribution in [3.8, 4) is 0 Å². The maximum atomic E-state index is 11.5. The molecule has 4 nitrogen and oxygen atoms in total. The molecule has 0 spiro atoms. The fourth-order valence-electron chi connectivity index (χ4n) is 1.07. The van der Waals surface area contributed by atoms with Gasteiger partial charge in [0, 0.05) is 18.3 Å². The van der Waals surface area contributed by atoms with Crippen LogP contribution in [-0.2, 0) is 14.4 Å². The van der Waals surface area contributed by atoms with Gasteiger partial charge in [0.15, 0.2) is 5.78 Å². The molecule has 0 bridgehead atoms. The zero-order chi connectivity index (χ0) is 12.9. The van der Waals surface area contributed by atoms with Gasteiger partial charge in [-0.3, -0.25) is 14.4 Å². The molecule has 0 fully saturated rings. The van der Waals surface area contributed by atoms with Gasteiger partial charge in [0.2, 0.25) is 5.91 Å². The molecule has 92 valence electrons. The SMILES string of the molecule is CC(=O)C(CC(=O)C(C)C)NC(=O)C(C)C. The van der Waals surface area contributed by atoms with Gasteiger partial charge in [-0.1, -0.05) is 27.7 Å². The summed E-state index contributed by atoms with van der Waals surface area (Å²) in [6.07, 6.45) is 0.0887. The Labute approximate surface area is 96.8 Å². The monoisotopic (exact) mass is 227 g/mol.